The highest BCUT2D eigenvalue weighted by molar-refractivity contribution is 5.81. The van der Waals surface area contributed by atoms with Gasteiger partial charge in [0.05, 0.1) is 6.61 Å². The van der Waals surface area contributed by atoms with Crippen LogP contribution in [0.2, 0.25) is 0 Å². The molecular formula is C13H26N2O2. The predicted molar refractivity (Wildman–Crippen MR) is 69.0 cm³/mol. The molecular weight excluding hydrogens is 216 g/mol. The first-order chi connectivity index (χ1) is 7.91. The Morgan fingerprint density at radius 1 is 1.53 bits per heavy atom. The summed E-state index contributed by atoms with van der Waals surface area (Å²) in [7, 11) is 4.14. The summed E-state index contributed by atoms with van der Waals surface area (Å²) in [5.41, 5.74) is -0.473. The molecule has 4 heteroatoms. The second kappa shape index (κ2) is 5.83. The van der Waals surface area contributed by atoms with Gasteiger partial charge >= 0.3 is 5.97 Å². The summed E-state index contributed by atoms with van der Waals surface area (Å²) in [6, 6.07) is 0.756. The highest BCUT2D eigenvalue weighted by atomic mass is 16.5. The van der Waals surface area contributed by atoms with Crippen LogP contribution in [0, 0.1) is 0 Å². The van der Waals surface area contributed by atoms with Crippen LogP contribution in [0.1, 0.15) is 40.0 Å². The number of esters is 1. The Hall–Kier alpha value is -0.610. The molecule has 0 heterocycles. The lowest BCUT2D eigenvalue weighted by Crippen LogP contribution is -2.54. The molecule has 0 aliphatic heterocycles. The van der Waals surface area contributed by atoms with Gasteiger partial charge in [-0.1, -0.05) is 0 Å². The normalized spacial score (nSPS) is 29.0. The van der Waals surface area contributed by atoms with Crippen LogP contribution in [0.15, 0.2) is 0 Å². The summed E-state index contributed by atoms with van der Waals surface area (Å²) >= 11 is 0. The molecule has 1 N–H and O–H groups in total. The van der Waals surface area contributed by atoms with Crippen molar-refractivity contribution in [2.24, 2.45) is 0 Å². The lowest BCUT2D eigenvalue weighted by Gasteiger charge is -2.31. The van der Waals surface area contributed by atoms with Gasteiger partial charge in [0.25, 0.3) is 0 Å². The highest BCUT2D eigenvalue weighted by Gasteiger charge is 2.47. The van der Waals surface area contributed by atoms with Gasteiger partial charge in [0, 0.05) is 12.1 Å². The molecule has 0 amide bonds. The number of nitrogens with zero attached hydrogens (tertiary/aromatic N) is 1. The van der Waals surface area contributed by atoms with Crippen LogP contribution in [-0.4, -0.2) is 49.2 Å². The van der Waals surface area contributed by atoms with Crippen LogP contribution >= 0.6 is 0 Å². The van der Waals surface area contributed by atoms with E-state index in [-0.39, 0.29) is 5.97 Å². The van der Waals surface area contributed by atoms with Crippen molar-refractivity contribution >= 4 is 5.97 Å². The molecule has 4 nitrogen and oxygen atoms in total. The first-order valence-corrected chi connectivity index (χ1v) is 6.52. The summed E-state index contributed by atoms with van der Waals surface area (Å²) in [4.78, 5) is 14.4. The van der Waals surface area contributed by atoms with E-state index in [0.717, 1.165) is 19.3 Å². The van der Waals surface area contributed by atoms with Crippen LogP contribution in [0.5, 0.6) is 0 Å². The number of nitrogens with one attached hydrogen (secondary N) is 1. The average molecular weight is 242 g/mol. The molecule has 2 unspecified atom stereocenters. The molecule has 100 valence electrons. The van der Waals surface area contributed by atoms with Crippen LogP contribution in [0.25, 0.3) is 0 Å². The smallest absolute Gasteiger partial charge is 0.326 e. The molecule has 17 heavy (non-hydrogen) atoms. The van der Waals surface area contributed by atoms with Crippen LogP contribution < -0.4 is 5.32 Å². The molecule has 0 aromatic rings. The third kappa shape index (κ3) is 3.42. The fourth-order valence-electron chi connectivity index (χ4n) is 2.66. The predicted octanol–water partition coefficient (Wildman–Crippen LogP) is 1.40. The van der Waals surface area contributed by atoms with E-state index in [0.29, 0.717) is 18.7 Å². The Bertz CT molecular complexity index is 266. The molecule has 0 aromatic heterocycles. The standard InChI is InChI=1S/C13H26N2O2/c1-6-17-12(16)13(14-10(2)3)8-7-11(9-13)15(4)5/h10-11,14H,6-9H2,1-5H3. The van der Waals surface area contributed by atoms with Crippen molar-refractivity contribution in [3.05, 3.63) is 0 Å². The quantitative estimate of drug-likeness (QED) is 0.740. The summed E-state index contributed by atoms with van der Waals surface area (Å²) in [5.74, 6) is -0.0851. The summed E-state index contributed by atoms with van der Waals surface area (Å²) in [6.07, 6.45) is 2.76. The molecule has 1 rings (SSSR count). The van der Waals surface area contributed by atoms with Crippen molar-refractivity contribution in [2.75, 3.05) is 20.7 Å². The summed E-state index contributed by atoms with van der Waals surface area (Å²) in [6.45, 7) is 6.46. The molecule has 1 fully saturated rings. The molecule has 0 radical (unpaired) electrons. The minimum atomic E-state index is -0.473. The van der Waals surface area contributed by atoms with Crippen LogP contribution in [0.4, 0.5) is 0 Å². The Kier molecular flexibility index (Phi) is 4.95. The summed E-state index contributed by atoms with van der Waals surface area (Å²) < 4.78 is 5.24. The average Bonchev–Trinajstić information content (AvgIpc) is 2.63. The first kappa shape index (κ1) is 14.5. The number of rotatable bonds is 5. The first-order valence-electron chi connectivity index (χ1n) is 6.52. The second-order valence-corrected chi connectivity index (χ2v) is 5.46. The zero-order valence-electron chi connectivity index (χ0n) is 11.7. The van der Waals surface area contributed by atoms with Crippen molar-refractivity contribution in [3.8, 4) is 0 Å². The monoisotopic (exact) mass is 242 g/mol. The Morgan fingerprint density at radius 3 is 2.59 bits per heavy atom. The fraction of sp³-hybridized carbons (Fsp3) is 0.923. The van der Waals surface area contributed by atoms with Crippen molar-refractivity contribution < 1.29 is 9.53 Å². The maximum absolute atomic E-state index is 12.2. The van der Waals surface area contributed by atoms with Crippen LogP contribution in [-0.2, 0) is 9.53 Å². The van der Waals surface area contributed by atoms with Gasteiger partial charge in [-0.25, -0.2) is 0 Å². The van der Waals surface area contributed by atoms with Gasteiger partial charge in [-0.15, -0.1) is 0 Å². The van der Waals surface area contributed by atoms with Gasteiger partial charge in [-0.3, -0.25) is 10.1 Å². The third-order valence-electron chi connectivity index (χ3n) is 3.45. The number of carbonyl (C=O) groups excluding carboxylic acids is 1. The Morgan fingerprint density at radius 2 is 2.18 bits per heavy atom. The number of carbonyl (C=O) groups is 1. The van der Waals surface area contributed by atoms with E-state index in [1.807, 2.05) is 6.92 Å². The number of ether oxygens (including phenoxy) is 1. The fourth-order valence-corrected chi connectivity index (χ4v) is 2.66. The molecule has 0 saturated heterocycles. The molecule has 0 bridgehead atoms. The highest BCUT2D eigenvalue weighted by Crippen LogP contribution is 2.33. The van der Waals surface area contributed by atoms with Gasteiger partial charge in [0.2, 0.25) is 0 Å². The largest absolute Gasteiger partial charge is 0.465 e. The maximum atomic E-state index is 12.2. The topological polar surface area (TPSA) is 41.6 Å². The molecule has 1 aliphatic carbocycles. The molecule has 0 aromatic carbocycles. The third-order valence-corrected chi connectivity index (χ3v) is 3.45. The molecule has 1 aliphatic rings. The van der Waals surface area contributed by atoms with Gasteiger partial charge in [-0.2, -0.15) is 0 Å². The maximum Gasteiger partial charge on any atom is 0.326 e. The van der Waals surface area contributed by atoms with E-state index in [4.69, 9.17) is 4.74 Å². The van der Waals surface area contributed by atoms with Gasteiger partial charge < -0.3 is 9.64 Å². The SMILES string of the molecule is CCOC(=O)C1(NC(C)C)CCC(N(C)C)C1. The van der Waals surface area contributed by atoms with Crippen LogP contribution in [0.3, 0.4) is 0 Å². The van der Waals surface area contributed by atoms with E-state index >= 15 is 0 Å². The number of hydrogen-bond acceptors (Lipinski definition) is 4. The van der Waals surface area contributed by atoms with E-state index in [2.05, 4.69) is 38.2 Å². The molecule has 1 saturated carbocycles. The lowest BCUT2D eigenvalue weighted by atomic mass is 9.96. The van der Waals surface area contributed by atoms with Gasteiger partial charge in [0.15, 0.2) is 0 Å². The summed E-state index contributed by atoms with van der Waals surface area (Å²) in [5, 5.41) is 3.42. The van der Waals surface area contributed by atoms with E-state index in [1.165, 1.54) is 0 Å². The van der Waals surface area contributed by atoms with Crippen molar-refractivity contribution in [1.29, 1.82) is 0 Å². The zero-order chi connectivity index (χ0) is 13.1. The van der Waals surface area contributed by atoms with E-state index in [1.54, 1.807) is 0 Å². The zero-order valence-corrected chi connectivity index (χ0v) is 11.7. The van der Waals surface area contributed by atoms with Gasteiger partial charge in [-0.05, 0) is 54.1 Å². The number of hydrogen-bond donors (Lipinski definition) is 1. The minimum absolute atomic E-state index is 0.0851. The Labute approximate surface area is 105 Å². The molecule has 0 spiro atoms. The lowest BCUT2D eigenvalue weighted by molar-refractivity contribution is -0.151. The van der Waals surface area contributed by atoms with Gasteiger partial charge in [0.1, 0.15) is 5.54 Å². The molecule has 2 atom stereocenters. The van der Waals surface area contributed by atoms with Crippen molar-refractivity contribution in [3.63, 3.8) is 0 Å². The van der Waals surface area contributed by atoms with Crippen molar-refractivity contribution in [1.82, 2.24) is 10.2 Å². The van der Waals surface area contributed by atoms with Crippen molar-refractivity contribution in [2.45, 2.75) is 57.7 Å². The minimum Gasteiger partial charge on any atom is -0.465 e. The second-order valence-electron chi connectivity index (χ2n) is 5.46. The van der Waals surface area contributed by atoms with E-state index < -0.39 is 5.54 Å². The Balaban J connectivity index is 2.78. The van der Waals surface area contributed by atoms with E-state index in [9.17, 15) is 4.79 Å².